The fourth-order valence-electron chi connectivity index (χ4n) is 1.75. The number of aliphatic carboxylic acids is 1. The van der Waals surface area contributed by atoms with E-state index in [2.05, 4.69) is 4.90 Å². The number of carboxylic acid groups (broad SMARTS) is 1. The molecule has 1 saturated heterocycles. The van der Waals surface area contributed by atoms with Crippen molar-refractivity contribution < 1.29 is 14.7 Å². The van der Waals surface area contributed by atoms with E-state index in [-0.39, 0.29) is 12.3 Å². The number of rotatable bonds is 5. The summed E-state index contributed by atoms with van der Waals surface area (Å²) in [6, 6.07) is 0. The molecule has 1 rings (SSSR count). The minimum Gasteiger partial charge on any atom is -0.481 e. The largest absolute Gasteiger partial charge is 0.481 e. The summed E-state index contributed by atoms with van der Waals surface area (Å²) >= 11 is 0. The van der Waals surface area contributed by atoms with E-state index >= 15 is 0 Å². The third-order valence-corrected chi connectivity index (χ3v) is 2.97. The number of carbonyl (C=O) groups is 2. The molecule has 6 heteroatoms. The van der Waals surface area contributed by atoms with Gasteiger partial charge in [0.25, 0.3) is 0 Å². The molecule has 0 atom stereocenters. The molecule has 0 spiro atoms. The molecule has 17 heavy (non-hydrogen) atoms. The summed E-state index contributed by atoms with van der Waals surface area (Å²) in [6.45, 7) is 4.06. The normalized spacial score (nSPS) is 17.5. The van der Waals surface area contributed by atoms with Gasteiger partial charge in [0.05, 0.1) is 13.0 Å². The zero-order valence-electron chi connectivity index (χ0n) is 10.6. The Bertz CT molecular complexity index is 275. The number of nitrogens with zero attached hydrogens (tertiary/aromatic N) is 3. The number of hydrogen-bond acceptors (Lipinski definition) is 4. The Kier molecular flexibility index (Phi) is 5.37. The van der Waals surface area contributed by atoms with Crippen LogP contribution in [-0.4, -0.2) is 85.0 Å². The van der Waals surface area contributed by atoms with Crippen molar-refractivity contribution in [3.8, 4) is 0 Å². The Balaban J connectivity index is 2.26. The van der Waals surface area contributed by atoms with Crippen LogP contribution in [0.1, 0.15) is 6.42 Å². The number of carboxylic acids is 1. The predicted molar refractivity (Wildman–Crippen MR) is 63.8 cm³/mol. The number of likely N-dealkylation sites (N-methyl/N-ethyl adjacent to an activating group) is 2. The van der Waals surface area contributed by atoms with Crippen LogP contribution in [-0.2, 0) is 9.59 Å². The van der Waals surface area contributed by atoms with Crippen LogP contribution in [0, 0.1) is 0 Å². The molecule has 1 fully saturated rings. The SMILES string of the molecule is CN1CCN(C(=O)CN(C)CCC(=O)O)CC1. The molecule has 98 valence electrons. The van der Waals surface area contributed by atoms with E-state index in [0.29, 0.717) is 13.1 Å². The van der Waals surface area contributed by atoms with Crippen LogP contribution in [0.3, 0.4) is 0 Å². The summed E-state index contributed by atoms with van der Waals surface area (Å²) in [6.07, 6.45) is 0.0759. The van der Waals surface area contributed by atoms with Gasteiger partial charge in [-0.3, -0.25) is 14.5 Å². The van der Waals surface area contributed by atoms with Gasteiger partial charge in [-0.1, -0.05) is 0 Å². The highest BCUT2D eigenvalue weighted by Crippen LogP contribution is 2.00. The summed E-state index contributed by atoms with van der Waals surface area (Å²) in [5.41, 5.74) is 0. The molecular weight excluding hydrogens is 222 g/mol. The number of piperazine rings is 1. The van der Waals surface area contributed by atoms with E-state index < -0.39 is 5.97 Å². The van der Waals surface area contributed by atoms with Crippen LogP contribution in [0.5, 0.6) is 0 Å². The monoisotopic (exact) mass is 243 g/mol. The van der Waals surface area contributed by atoms with E-state index in [1.807, 2.05) is 11.9 Å². The first kappa shape index (κ1) is 13.9. The Morgan fingerprint density at radius 1 is 1.24 bits per heavy atom. The standard InChI is InChI=1S/C11H21N3O3/c1-12-5-7-14(8-6-12)10(15)9-13(2)4-3-11(16)17/h3-9H2,1-2H3,(H,16,17). The Labute approximate surface area is 102 Å². The maximum absolute atomic E-state index is 11.9. The minimum absolute atomic E-state index is 0.0759. The average Bonchev–Trinajstić information content (AvgIpc) is 2.27. The highest BCUT2D eigenvalue weighted by molar-refractivity contribution is 5.78. The van der Waals surface area contributed by atoms with Crippen molar-refractivity contribution in [2.75, 3.05) is 53.4 Å². The molecule has 0 aromatic heterocycles. The van der Waals surface area contributed by atoms with Gasteiger partial charge >= 0.3 is 5.97 Å². The lowest BCUT2D eigenvalue weighted by molar-refractivity contribution is -0.138. The maximum Gasteiger partial charge on any atom is 0.304 e. The van der Waals surface area contributed by atoms with Gasteiger partial charge < -0.3 is 14.9 Å². The van der Waals surface area contributed by atoms with Gasteiger partial charge in [-0.05, 0) is 14.1 Å². The summed E-state index contributed by atoms with van der Waals surface area (Å²) in [7, 11) is 3.82. The third-order valence-electron chi connectivity index (χ3n) is 2.97. The fourth-order valence-corrected chi connectivity index (χ4v) is 1.75. The topological polar surface area (TPSA) is 64.1 Å². The van der Waals surface area contributed by atoms with Crippen LogP contribution >= 0.6 is 0 Å². The van der Waals surface area contributed by atoms with Crippen LogP contribution < -0.4 is 0 Å². The van der Waals surface area contributed by atoms with E-state index in [0.717, 1.165) is 26.2 Å². The van der Waals surface area contributed by atoms with E-state index in [1.54, 1.807) is 11.9 Å². The Hall–Kier alpha value is -1.14. The molecule has 6 nitrogen and oxygen atoms in total. The van der Waals surface area contributed by atoms with Gasteiger partial charge in [0.1, 0.15) is 0 Å². The van der Waals surface area contributed by atoms with Crippen molar-refractivity contribution in [2.45, 2.75) is 6.42 Å². The smallest absolute Gasteiger partial charge is 0.304 e. The quantitative estimate of drug-likeness (QED) is 0.682. The van der Waals surface area contributed by atoms with Gasteiger partial charge in [0.2, 0.25) is 5.91 Å². The number of amides is 1. The first-order valence-electron chi connectivity index (χ1n) is 5.85. The van der Waals surface area contributed by atoms with E-state index in [9.17, 15) is 9.59 Å². The highest BCUT2D eigenvalue weighted by Gasteiger charge is 2.19. The van der Waals surface area contributed by atoms with Gasteiger partial charge in [-0.25, -0.2) is 0 Å². The predicted octanol–water partition coefficient (Wildman–Crippen LogP) is -0.833. The first-order chi connectivity index (χ1) is 7.99. The molecule has 0 aromatic carbocycles. The van der Waals surface area contributed by atoms with Crippen molar-refractivity contribution in [3.63, 3.8) is 0 Å². The molecule has 0 aliphatic carbocycles. The molecule has 1 amide bonds. The van der Waals surface area contributed by atoms with Gasteiger partial charge in [0.15, 0.2) is 0 Å². The maximum atomic E-state index is 11.9. The molecule has 1 aliphatic rings. The second kappa shape index (κ2) is 6.56. The van der Waals surface area contributed by atoms with Crippen LogP contribution in [0.25, 0.3) is 0 Å². The molecule has 0 bridgehead atoms. The zero-order valence-corrected chi connectivity index (χ0v) is 10.6. The number of carbonyl (C=O) groups excluding carboxylic acids is 1. The molecular formula is C11H21N3O3. The van der Waals surface area contributed by atoms with Gasteiger partial charge in [0, 0.05) is 32.7 Å². The molecule has 1 aliphatic heterocycles. The van der Waals surface area contributed by atoms with Crippen LogP contribution in [0.15, 0.2) is 0 Å². The lowest BCUT2D eigenvalue weighted by Gasteiger charge is -2.33. The van der Waals surface area contributed by atoms with Gasteiger partial charge in [-0.2, -0.15) is 0 Å². The second-order valence-electron chi connectivity index (χ2n) is 4.57. The summed E-state index contributed by atoms with van der Waals surface area (Å²) in [4.78, 5) is 28.1. The summed E-state index contributed by atoms with van der Waals surface area (Å²) < 4.78 is 0. The average molecular weight is 243 g/mol. The fraction of sp³-hybridized carbons (Fsp3) is 0.818. The van der Waals surface area contributed by atoms with Crippen LogP contribution in [0.4, 0.5) is 0 Å². The molecule has 0 saturated carbocycles. The minimum atomic E-state index is -0.830. The van der Waals surface area contributed by atoms with Crippen molar-refractivity contribution in [1.82, 2.24) is 14.7 Å². The number of hydrogen-bond donors (Lipinski definition) is 1. The molecule has 0 unspecified atom stereocenters. The molecule has 0 aromatic rings. The zero-order chi connectivity index (χ0) is 12.8. The molecule has 1 N–H and O–H groups in total. The highest BCUT2D eigenvalue weighted by atomic mass is 16.4. The Morgan fingerprint density at radius 3 is 2.35 bits per heavy atom. The van der Waals surface area contributed by atoms with Crippen LogP contribution in [0.2, 0.25) is 0 Å². The first-order valence-corrected chi connectivity index (χ1v) is 5.85. The Morgan fingerprint density at radius 2 is 1.82 bits per heavy atom. The lowest BCUT2D eigenvalue weighted by Crippen LogP contribution is -2.49. The van der Waals surface area contributed by atoms with E-state index in [1.165, 1.54) is 0 Å². The molecule has 0 radical (unpaired) electrons. The van der Waals surface area contributed by atoms with Crippen molar-refractivity contribution >= 4 is 11.9 Å². The summed E-state index contributed by atoms with van der Waals surface area (Å²) in [5.74, 6) is -0.741. The summed E-state index contributed by atoms with van der Waals surface area (Å²) in [5, 5.41) is 8.55. The van der Waals surface area contributed by atoms with E-state index in [4.69, 9.17) is 5.11 Å². The second-order valence-corrected chi connectivity index (χ2v) is 4.57. The van der Waals surface area contributed by atoms with Gasteiger partial charge in [-0.15, -0.1) is 0 Å². The van der Waals surface area contributed by atoms with Crippen molar-refractivity contribution in [2.24, 2.45) is 0 Å². The van der Waals surface area contributed by atoms with Crippen molar-refractivity contribution in [1.29, 1.82) is 0 Å². The lowest BCUT2D eigenvalue weighted by atomic mass is 10.3. The van der Waals surface area contributed by atoms with Crippen molar-refractivity contribution in [3.05, 3.63) is 0 Å². The third kappa shape index (κ3) is 5.14. The molecule has 1 heterocycles.